The molecule has 144 valence electrons. The second-order valence-corrected chi connectivity index (χ2v) is 5.60. The quantitative estimate of drug-likeness (QED) is 0.140. The van der Waals surface area contributed by atoms with E-state index in [9.17, 15) is 24.5 Å². The monoisotopic (exact) mass is 383 g/mol. The Hall–Kier alpha value is -3.88. The highest BCUT2D eigenvalue weighted by molar-refractivity contribution is 6.19. The number of hydrogen-bond acceptors (Lipinski definition) is 7. The lowest BCUT2D eigenvalue weighted by Gasteiger charge is -2.08. The second kappa shape index (κ2) is 9.72. The number of rotatable bonds is 8. The van der Waals surface area contributed by atoms with E-state index in [1.165, 1.54) is 49.7 Å². The standard InChI is InChI=1S/C19H17N3O6/c1-13(23)17(11-14-4-2-6-16(10-14)22(26)27)19(25)28-9-8-21-18(24)15-5-3-7-20-12-15/h2-7,10-12H,8-9H2,1H3,(H,21,24)/b17-11+. The maximum atomic E-state index is 12.2. The lowest BCUT2D eigenvalue weighted by atomic mass is 10.1. The van der Waals surface area contributed by atoms with Crippen molar-refractivity contribution in [2.45, 2.75) is 6.92 Å². The van der Waals surface area contributed by atoms with Gasteiger partial charge in [-0.3, -0.25) is 24.7 Å². The maximum Gasteiger partial charge on any atom is 0.341 e. The number of ether oxygens (including phenoxy) is 1. The highest BCUT2D eigenvalue weighted by atomic mass is 16.6. The smallest absolute Gasteiger partial charge is 0.341 e. The van der Waals surface area contributed by atoms with Crippen LogP contribution in [0, 0.1) is 10.1 Å². The number of Topliss-reactive ketones (excluding diaryl/α,β-unsaturated/α-hetero) is 1. The molecule has 0 bridgehead atoms. The van der Waals surface area contributed by atoms with Crippen LogP contribution in [0.25, 0.3) is 6.08 Å². The SMILES string of the molecule is CC(=O)/C(=C\c1cccc([N+](=O)[O-])c1)C(=O)OCCNC(=O)c1cccnc1. The number of nitro benzene ring substituents is 1. The number of esters is 1. The van der Waals surface area contributed by atoms with Gasteiger partial charge in [0.1, 0.15) is 12.2 Å². The molecule has 1 aromatic carbocycles. The van der Waals surface area contributed by atoms with E-state index < -0.39 is 16.7 Å². The topological polar surface area (TPSA) is 128 Å². The summed E-state index contributed by atoms with van der Waals surface area (Å²) in [6.07, 6.45) is 4.17. The molecule has 9 nitrogen and oxygen atoms in total. The normalized spacial score (nSPS) is 10.8. The fraction of sp³-hybridized carbons (Fsp3) is 0.158. The van der Waals surface area contributed by atoms with Crippen LogP contribution in [0.3, 0.4) is 0 Å². The number of aromatic nitrogens is 1. The molecule has 1 amide bonds. The summed E-state index contributed by atoms with van der Waals surface area (Å²) in [5, 5.41) is 13.4. The van der Waals surface area contributed by atoms with Crippen LogP contribution in [-0.4, -0.2) is 40.7 Å². The maximum absolute atomic E-state index is 12.2. The van der Waals surface area contributed by atoms with Gasteiger partial charge in [-0.1, -0.05) is 12.1 Å². The van der Waals surface area contributed by atoms with Gasteiger partial charge in [-0.25, -0.2) is 4.79 Å². The van der Waals surface area contributed by atoms with Crippen LogP contribution in [0.5, 0.6) is 0 Å². The Morgan fingerprint density at radius 3 is 2.68 bits per heavy atom. The van der Waals surface area contributed by atoms with Crippen LogP contribution >= 0.6 is 0 Å². The summed E-state index contributed by atoms with van der Waals surface area (Å²) in [6.45, 7) is 1.08. The fourth-order valence-corrected chi connectivity index (χ4v) is 2.18. The van der Waals surface area contributed by atoms with Gasteiger partial charge < -0.3 is 10.1 Å². The number of pyridine rings is 1. The molecule has 0 saturated carbocycles. The molecule has 2 rings (SSSR count). The molecule has 1 aromatic heterocycles. The molecule has 0 spiro atoms. The van der Waals surface area contributed by atoms with Crippen molar-refractivity contribution < 1.29 is 24.0 Å². The van der Waals surface area contributed by atoms with Crippen molar-refractivity contribution >= 4 is 29.4 Å². The Morgan fingerprint density at radius 1 is 1.25 bits per heavy atom. The van der Waals surface area contributed by atoms with Crippen molar-refractivity contribution in [1.82, 2.24) is 10.3 Å². The number of hydrogen-bond donors (Lipinski definition) is 1. The summed E-state index contributed by atoms with van der Waals surface area (Å²) in [5.74, 6) is -1.80. The zero-order valence-electron chi connectivity index (χ0n) is 15.0. The lowest BCUT2D eigenvalue weighted by Crippen LogP contribution is -2.28. The van der Waals surface area contributed by atoms with Gasteiger partial charge in [0.2, 0.25) is 0 Å². The molecule has 0 aliphatic rings. The van der Waals surface area contributed by atoms with Crippen LogP contribution in [0.1, 0.15) is 22.8 Å². The van der Waals surface area contributed by atoms with E-state index in [1.807, 2.05) is 0 Å². The zero-order chi connectivity index (χ0) is 20.5. The molecule has 1 N–H and O–H groups in total. The highest BCUT2D eigenvalue weighted by Crippen LogP contribution is 2.16. The first-order chi connectivity index (χ1) is 13.4. The summed E-state index contributed by atoms with van der Waals surface area (Å²) in [6, 6.07) is 8.72. The first-order valence-corrected chi connectivity index (χ1v) is 8.21. The number of carbonyl (C=O) groups is 3. The van der Waals surface area contributed by atoms with E-state index in [2.05, 4.69) is 10.3 Å². The Morgan fingerprint density at radius 2 is 2.04 bits per heavy atom. The van der Waals surface area contributed by atoms with Crippen molar-refractivity contribution in [3.8, 4) is 0 Å². The first-order valence-electron chi connectivity index (χ1n) is 8.21. The molecule has 0 unspecified atom stereocenters. The molecule has 0 radical (unpaired) electrons. The van der Waals surface area contributed by atoms with Gasteiger partial charge in [-0.2, -0.15) is 0 Å². The van der Waals surface area contributed by atoms with Crippen LogP contribution in [-0.2, 0) is 14.3 Å². The van der Waals surface area contributed by atoms with E-state index in [0.717, 1.165) is 0 Å². The van der Waals surface area contributed by atoms with E-state index in [1.54, 1.807) is 12.1 Å². The molecule has 0 saturated heterocycles. The number of nitro groups is 1. The average Bonchev–Trinajstić information content (AvgIpc) is 2.69. The highest BCUT2D eigenvalue weighted by Gasteiger charge is 2.17. The van der Waals surface area contributed by atoms with Gasteiger partial charge in [0.15, 0.2) is 5.78 Å². The Kier molecular flexibility index (Phi) is 7.09. The van der Waals surface area contributed by atoms with Crippen LogP contribution in [0.2, 0.25) is 0 Å². The summed E-state index contributed by atoms with van der Waals surface area (Å²) >= 11 is 0. The molecule has 1 heterocycles. The molecular weight excluding hydrogens is 366 g/mol. The zero-order valence-corrected chi connectivity index (χ0v) is 15.0. The number of benzene rings is 1. The Balaban J connectivity index is 1.96. The number of nitrogens with zero attached hydrogens (tertiary/aromatic N) is 2. The van der Waals surface area contributed by atoms with E-state index in [0.29, 0.717) is 11.1 Å². The number of carbonyl (C=O) groups excluding carboxylic acids is 3. The average molecular weight is 383 g/mol. The first kappa shape index (κ1) is 20.4. The van der Waals surface area contributed by atoms with Crippen molar-refractivity contribution in [3.63, 3.8) is 0 Å². The Labute approximate surface area is 160 Å². The third kappa shape index (κ3) is 5.84. The third-order valence-corrected chi connectivity index (χ3v) is 3.54. The number of non-ortho nitro benzene ring substituents is 1. The summed E-state index contributed by atoms with van der Waals surface area (Å²) in [7, 11) is 0. The van der Waals surface area contributed by atoms with Gasteiger partial charge in [0.05, 0.1) is 17.0 Å². The molecular formula is C19H17N3O6. The van der Waals surface area contributed by atoms with Crippen molar-refractivity contribution in [1.29, 1.82) is 0 Å². The van der Waals surface area contributed by atoms with Gasteiger partial charge in [-0.15, -0.1) is 0 Å². The lowest BCUT2D eigenvalue weighted by molar-refractivity contribution is -0.384. The van der Waals surface area contributed by atoms with Crippen LogP contribution in [0.4, 0.5) is 5.69 Å². The van der Waals surface area contributed by atoms with E-state index in [-0.39, 0.29) is 30.3 Å². The van der Waals surface area contributed by atoms with Crippen molar-refractivity contribution in [2.75, 3.05) is 13.2 Å². The number of nitrogens with one attached hydrogen (secondary N) is 1. The third-order valence-electron chi connectivity index (χ3n) is 3.54. The largest absolute Gasteiger partial charge is 0.460 e. The molecule has 0 aliphatic heterocycles. The fourth-order valence-electron chi connectivity index (χ4n) is 2.18. The Bertz CT molecular complexity index is 924. The van der Waals surface area contributed by atoms with Crippen LogP contribution in [0.15, 0.2) is 54.4 Å². The van der Waals surface area contributed by atoms with Gasteiger partial charge in [0, 0.05) is 24.5 Å². The summed E-state index contributed by atoms with van der Waals surface area (Å²) in [4.78, 5) is 49.8. The molecule has 9 heteroatoms. The minimum absolute atomic E-state index is 0.0431. The molecule has 2 aromatic rings. The van der Waals surface area contributed by atoms with Gasteiger partial charge >= 0.3 is 5.97 Å². The number of ketones is 1. The minimum atomic E-state index is -0.880. The number of amides is 1. The summed E-state index contributed by atoms with van der Waals surface area (Å²) < 4.78 is 5.01. The predicted octanol–water partition coefficient (Wildman–Crippen LogP) is 1.94. The molecule has 0 fully saturated rings. The van der Waals surface area contributed by atoms with E-state index in [4.69, 9.17) is 4.74 Å². The molecule has 28 heavy (non-hydrogen) atoms. The van der Waals surface area contributed by atoms with Gasteiger partial charge in [0.25, 0.3) is 11.6 Å². The molecule has 0 atom stereocenters. The van der Waals surface area contributed by atoms with Crippen LogP contribution < -0.4 is 5.32 Å². The van der Waals surface area contributed by atoms with Crippen molar-refractivity contribution in [3.05, 3.63) is 75.6 Å². The van der Waals surface area contributed by atoms with Gasteiger partial charge in [-0.05, 0) is 30.7 Å². The second-order valence-electron chi connectivity index (χ2n) is 5.60. The summed E-state index contributed by atoms with van der Waals surface area (Å²) in [5.41, 5.74) is 0.271. The van der Waals surface area contributed by atoms with Crippen molar-refractivity contribution in [2.24, 2.45) is 0 Å². The molecule has 0 aliphatic carbocycles. The minimum Gasteiger partial charge on any atom is -0.460 e. The van der Waals surface area contributed by atoms with E-state index >= 15 is 0 Å². The predicted molar refractivity (Wildman–Crippen MR) is 99.3 cm³/mol.